The van der Waals surface area contributed by atoms with Crippen LogP contribution in [0.5, 0.6) is 0 Å². The third kappa shape index (κ3) is 3.26. The van der Waals surface area contributed by atoms with Gasteiger partial charge in [0.2, 0.25) is 0 Å². The fourth-order valence-corrected chi connectivity index (χ4v) is 2.42. The molecule has 0 fully saturated rings. The van der Waals surface area contributed by atoms with E-state index in [-0.39, 0.29) is 12.2 Å². The van der Waals surface area contributed by atoms with Gasteiger partial charge in [0.1, 0.15) is 0 Å². The van der Waals surface area contributed by atoms with Gasteiger partial charge in [0.05, 0.1) is 18.3 Å². The second-order valence-corrected chi connectivity index (χ2v) is 8.93. The van der Waals surface area contributed by atoms with Crippen LogP contribution in [0.3, 0.4) is 0 Å². The van der Waals surface area contributed by atoms with E-state index < -0.39 is 14.4 Å². The highest BCUT2D eigenvalue weighted by molar-refractivity contribution is 6.69. The average Bonchev–Trinajstić information content (AvgIpc) is 2.06. The summed E-state index contributed by atoms with van der Waals surface area (Å²) in [6.45, 7) is 8.37. The van der Waals surface area contributed by atoms with Crippen molar-refractivity contribution in [3.05, 3.63) is 12.2 Å². The fraction of sp³-hybridized carbons (Fsp3) is 0.700. The van der Waals surface area contributed by atoms with E-state index in [4.69, 9.17) is 14.4 Å². The first kappa shape index (κ1) is 11.4. The Kier molecular flexibility index (Phi) is 3.48. The number of hydrogen-bond acceptors (Lipinski definition) is 3. The molecule has 0 spiro atoms. The Morgan fingerprint density at radius 1 is 1.36 bits per heavy atom. The van der Waals surface area contributed by atoms with Crippen LogP contribution < -0.4 is 0 Å². The third-order valence-electron chi connectivity index (χ3n) is 1.92. The Labute approximate surface area is 86.5 Å². The van der Waals surface area contributed by atoms with E-state index in [0.29, 0.717) is 0 Å². The SMILES string of the molecule is C[C@H]1O[C@H](C#N)C=C[C@@H]1O[Si](C)(C)C. The van der Waals surface area contributed by atoms with Crippen molar-refractivity contribution in [2.45, 2.75) is 44.9 Å². The fourth-order valence-electron chi connectivity index (χ4n) is 1.34. The minimum absolute atomic E-state index is 0.00580. The standard InChI is InChI=1S/C10H17NO2Si/c1-8-10(13-14(2,3)4)6-5-9(7-11)12-8/h5-6,8-10H,1-4H3/t8-,9+,10+/m1/s1. The zero-order valence-electron chi connectivity index (χ0n) is 9.15. The molecule has 0 radical (unpaired) electrons. The molecule has 1 aliphatic rings. The summed E-state index contributed by atoms with van der Waals surface area (Å²) < 4.78 is 11.3. The number of nitrogens with zero attached hydrogens (tertiary/aromatic N) is 1. The topological polar surface area (TPSA) is 42.2 Å². The summed E-state index contributed by atoms with van der Waals surface area (Å²) in [4.78, 5) is 0. The quantitative estimate of drug-likeness (QED) is 0.519. The van der Waals surface area contributed by atoms with Crippen molar-refractivity contribution in [2.75, 3.05) is 0 Å². The highest BCUT2D eigenvalue weighted by Crippen LogP contribution is 2.19. The molecule has 0 aromatic carbocycles. The number of ether oxygens (including phenoxy) is 1. The van der Waals surface area contributed by atoms with Crippen LogP contribution in [0.4, 0.5) is 0 Å². The van der Waals surface area contributed by atoms with Crippen molar-refractivity contribution in [3.63, 3.8) is 0 Å². The zero-order valence-corrected chi connectivity index (χ0v) is 10.2. The molecule has 3 nitrogen and oxygen atoms in total. The lowest BCUT2D eigenvalue weighted by Crippen LogP contribution is -2.41. The summed E-state index contributed by atoms with van der Waals surface area (Å²) in [6.07, 6.45) is 3.28. The zero-order chi connectivity index (χ0) is 10.8. The largest absolute Gasteiger partial charge is 0.409 e. The minimum atomic E-state index is -1.53. The summed E-state index contributed by atoms with van der Waals surface area (Å²) in [6, 6.07) is 2.06. The van der Waals surface area contributed by atoms with E-state index in [0.717, 1.165) is 0 Å². The number of hydrogen-bond donors (Lipinski definition) is 0. The molecule has 1 aliphatic heterocycles. The summed E-state index contributed by atoms with van der Waals surface area (Å²) >= 11 is 0. The normalized spacial score (nSPS) is 32.6. The molecule has 0 amide bonds. The first-order valence-corrected chi connectivity index (χ1v) is 8.24. The molecule has 3 atom stereocenters. The van der Waals surface area contributed by atoms with Gasteiger partial charge in [-0.2, -0.15) is 5.26 Å². The van der Waals surface area contributed by atoms with Crippen molar-refractivity contribution in [1.29, 1.82) is 5.26 Å². The van der Waals surface area contributed by atoms with E-state index in [1.165, 1.54) is 0 Å². The highest BCUT2D eigenvalue weighted by Gasteiger charge is 2.28. The Morgan fingerprint density at radius 2 is 2.00 bits per heavy atom. The lowest BCUT2D eigenvalue weighted by molar-refractivity contribution is -0.0199. The van der Waals surface area contributed by atoms with Crippen LogP contribution in [0.1, 0.15) is 6.92 Å². The van der Waals surface area contributed by atoms with Gasteiger partial charge in [-0.15, -0.1) is 0 Å². The second kappa shape index (κ2) is 4.26. The van der Waals surface area contributed by atoms with Gasteiger partial charge in [-0.05, 0) is 32.6 Å². The molecule has 0 saturated carbocycles. The lowest BCUT2D eigenvalue weighted by Gasteiger charge is -2.32. The molecule has 0 bridgehead atoms. The van der Waals surface area contributed by atoms with Gasteiger partial charge in [-0.1, -0.05) is 6.08 Å². The van der Waals surface area contributed by atoms with E-state index >= 15 is 0 Å². The molecule has 1 rings (SSSR count). The van der Waals surface area contributed by atoms with Crippen molar-refractivity contribution >= 4 is 8.32 Å². The van der Waals surface area contributed by atoms with Crippen LogP contribution in [0.2, 0.25) is 19.6 Å². The van der Waals surface area contributed by atoms with Gasteiger partial charge in [-0.3, -0.25) is 0 Å². The molecule has 0 saturated heterocycles. The van der Waals surface area contributed by atoms with Crippen LogP contribution >= 0.6 is 0 Å². The van der Waals surface area contributed by atoms with E-state index in [1.54, 1.807) is 6.08 Å². The van der Waals surface area contributed by atoms with Crippen molar-refractivity contribution in [2.24, 2.45) is 0 Å². The maximum Gasteiger partial charge on any atom is 0.184 e. The first-order valence-electron chi connectivity index (χ1n) is 4.83. The molecule has 0 aliphatic carbocycles. The molecule has 0 unspecified atom stereocenters. The number of nitriles is 1. The summed E-state index contributed by atoms with van der Waals surface area (Å²) in [5.41, 5.74) is 0. The number of rotatable bonds is 2. The maximum absolute atomic E-state index is 8.67. The highest BCUT2D eigenvalue weighted by atomic mass is 28.4. The van der Waals surface area contributed by atoms with Crippen LogP contribution in [0.25, 0.3) is 0 Å². The third-order valence-corrected chi connectivity index (χ3v) is 2.90. The molecular formula is C10H17NO2Si. The van der Waals surface area contributed by atoms with Gasteiger partial charge in [0.25, 0.3) is 0 Å². The molecule has 78 valence electrons. The predicted molar refractivity (Wildman–Crippen MR) is 57.3 cm³/mol. The molecule has 0 aromatic rings. The predicted octanol–water partition coefficient (Wildman–Crippen LogP) is 2.07. The van der Waals surface area contributed by atoms with Gasteiger partial charge < -0.3 is 9.16 Å². The van der Waals surface area contributed by atoms with Gasteiger partial charge in [0.15, 0.2) is 14.4 Å². The average molecular weight is 211 g/mol. The second-order valence-electron chi connectivity index (χ2n) is 4.47. The molecule has 14 heavy (non-hydrogen) atoms. The van der Waals surface area contributed by atoms with Crippen LogP contribution in [-0.2, 0) is 9.16 Å². The van der Waals surface area contributed by atoms with E-state index in [1.807, 2.05) is 13.0 Å². The van der Waals surface area contributed by atoms with Crippen molar-refractivity contribution in [1.82, 2.24) is 0 Å². The minimum Gasteiger partial charge on any atom is -0.409 e. The smallest absolute Gasteiger partial charge is 0.184 e. The van der Waals surface area contributed by atoms with E-state index in [9.17, 15) is 0 Å². The van der Waals surface area contributed by atoms with E-state index in [2.05, 4.69) is 25.7 Å². The Bertz CT molecular complexity index is 264. The summed E-state index contributed by atoms with van der Waals surface area (Å²) in [5.74, 6) is 0. The molecule has 1 heterocycles. The molecule has 4 heteroatoms. The Hall–Kier alpha value is -0.633. The van der Waals surface area contributed by atoms with Crippen LogP contribution in [0, 0.1) is 11.3 Å². The summed E-state index contributed by atoms with van der Waals surface area (Å²) in [7, 11) is -1.53. The maximum atomic E-state index is 8.67. The van der Waals surface area contributed by atoms with Crippen LogP contribution in [-0.4, -0.2) is 26.6 Å². The Morgan fingerprint density at radius 3 is 2.43 bits per heavy atom. The van der Waals surface area contributed by atoms with Crippen LogP contribution in [0.15, 0.2) is 12.2 Å². The molecule has 0 aromatic heterocycles. The first-order chi connectivity index (χ1) is 6.42. The summed E-state index contributed by atoms with van der Waals surface area (Å²) in [5, 5.41) is 8.67. The monoisotopic (exact) mass is 211 g/mol. The van der Waals surface area contributed by atoms with Gasteiger partial charge in [-0.25, -0.2) is 0 Å². The Balaban J connectivity index is 2.61. The molecular weight excluding hydrogens is 194 g/mol. The van der Waals surface area contributed by atoms with Gasteiger partial charge >= 0.3 is 0 Å². The molecule has 0 N–H and O–H groups in total. The lowest BCUT2D eigenvalue weighted by atomic mass is 10.1. The van der Waals surface area contributed by atoms with Crippen molar-refractivity contribution in [3.8, 4) is 6.07 Å². The van der Waals surface area contributed by atoms with Gasteiger partial charge in [0, 0.05) is 0 Å². The van der Waals surface area contributed by atoms with Crippen molar-refractivity contribution < 1.29 is 9.16 Å².